The van der Waals surface area contributed by atoms with Crippen LogP contribution in [0.2, 0.25) is 0 Å². The lowest BCUT2D eigenvalue weighted by molar-refractivity contribution is 0.0981. The second-order valence-electron chi connectivity index (χ2n) is 4.45. The number of hydrogen-bond acceptors (Lipinski definition) is 3. The highest BCUT2D eigenvalue weighted by atomic mass is 16.5. The Balaban J connectivity index is 2.31. The molecule has 3 heteroatoms. The second kappa shape index (κ2) is 4.52. The van der Waals surface area contributed by atoms with E-state index < -0.39 is 0 Å². The number of fused-ring (bicyclic) bond motifs is 2. The molecule has 0 aliphatic heterocycles. The summed E-state index contributed by atoms with van der Waals surface area (Å²) in [4.78, 5) is 12.5. The lowest BCUT2D eigenvalue weighted by Gasteiger charge is -2.27. The first-order valence-electron chi connectivity index (χ1n) is 6.11. The van der Waals surface area contributed by atoms with Gasteiger partial charge >= 0.3 is 0 Å². The fourth-order valence-electron chi connectivity index (χ4n) is 2.67. The van der Waals surface area contributed by atoms with Crippen LogP contribution in [-0.2, 0) is 4.74 Å². The fourth-order valence-corrected chi connectivity index (χ4v) is 2.67. The molecule has 1 atom stereocenters. The van der Waals surface area contributed by atoms with E-state index in [4.69, 9.17) is 9.47 Å². The zero-order valence-corrected chi connectivity index (χ0v) is 10.8. The maximum absolute atomic E-state index is 12.5. The highest BCUT2D eigenvalue weighted by molar-refractivity contribution is 6.13. The number of carbonyl (C=O) groups is 1. The Morgan fingerprint density at radius 2 is 1.68 bits per heavy atom. The molecule has 0 saturated carbocycles. The highest BCUT2D eigenvalue weighted by Crippen LogP contribution is 2.41. The number of ketones is 1. The Morgan fingerprint density at radius 1 is 0.947 bits per heavy atom. The van der Waals surface area contributed by atoms with Crippen LogP contribution in [0.4, 0.5) is 0 Å². The van der Waals surface area contributed by atoms with Crippen molar-refractivity contribution in [3.63, 3.8) is 0 Å². The van der Waals surface area contributed by atoms with Crippen molar-refractivity contribution in [2.24, 2.45) is 0 Å². The zero-order valence-electron chi connectivity index (χ0n) is 10.8. The van der Waals surface area contributed by atoms with Gasteiger partial charge < -0.3 is 9.47 Å². The highest BCUT2D eigenvalue weighted by Gasteiger charge is 2.33. The maximum Gasteiger partial charge on any atom is 0.193 e. The van der Waals surface area contributed by atoms with Crippen LogP contribution < -0.4 is 4.74 Å². The average molecular weight is 254 g/mol. The molecule has 2 aromatic carbocycles. The van der Waals surface area contributed by atoms with E-state index in [0.29, 0.717) is 16.9 Å². The SMILES string of the molecule is COc1cccc2c1C(OC)c1ccccc1C2=O. The van der Waals surface area contributed by atoms with Gasteiger partial charge in [0.1, 0.15) is 11.9 Å². The van der Waals surface area contributed by atoms with Crippen molar-refractivity contribution in [2.45, 2.75) is 6.10 Å². The van der Waals surface area contributed by atoms with Crippen LogP contribution in [0.3, 0.4) is 0 Å². The molecule has 0 radical (unpaired) electrons. The first-order valence-corrected chi connectivity index (χ1v) is 6.11. The van der Waals surface area contributed by atoms with Gasteiger partial charge in [-0.3, -0.25) is 4.79 Å². The summed E-state index contributed by atoms with van der Waals surface area (Å²) in [6.45, 7) is 0. The summed E-state index contributed by atoms with van der Waals surface area (Å²) in [7, 11) is 3.25. The number of benzene rings is 2. The van der Waals surface area contributed by atoms with Gasteiger partial charge in [-0.05, 0) is 11.6 Å². The van der Waals surface area contributed by atoms with Gasteiger partial charge in [0, 0.05) is 23.8 Å². The van der Waals surface area contributed by atoms with E-state index in [1.54, 1.807) is 14.2 Å². The summed E-state index contributed by atoms with van der Waals surface area (Å²) in [6.07, 6.45) is -0.264. The molecular formula is C16H14O3. The first-order chi connectivity index (χ1) is 9.27. The summed E-state index contributed by atoms with van der Waals surface area (Å²) in [6, 6.07) is 13.1. The van der Waals surface area contributed by atoms with Gasteiger partial charge in [0.25, 0.3) is 0 Å². The predicted octanol–water partition coefficient (Wildman–Crippen LogP) is 2.98. The van der Waals surface area contributed by atoms with Gasteiger partial charge in [0.2, 0.25) is 0 Å². The quantitative estimate of drug-likeness (QED) is 0.826. The van der Waals surface area contributed by atoms with E-state index in [0.717, 1.165) is 11.1 Å². The lowest BCUT2D eigenvalue weighted by Crippen LogP contribution is -2.21. The average Bonchev–Trinajstić information content (AvgIpc) is 2.47. The molecule has 0 amide bonds. The van der Waals surface area contributed by atoms with E-state index in [1.165, 1.54) is 0 Å². The standard InChI is InChI=1S/C16H14O3/c1-18-13-9-5-8-12-14(13)16(19-2)11-7-4-3-6-10(11)15(12)17/h3-9,16H,1-2H3. The molecular weight excluding hydrogens is 240 g/mol. The Bertz CT molecular complexity index is 646. The molecule has 2 aromatic rings. The number of carbonyl (C=O) groups excluding carboxylic acids is 1. The van der Waals surface area contributed by atoms with Gasteiger partial charge in [-0.15, -0.1) is 0 Å². The molecule has 0 N–H and O–H groups in total. The minimum atomic E-state index is -0.264. The molecule has 96 valence electrons. The molecule has 0 bridgehead atoms. The van der Waals surface area contributed by atoms with Crippen molar-refractivity contribution in [1.82, 2.24) is 0 Å². The van der Waals surface area contributed by atoms with Crippen molar-refractivity contribution < 1.29 is 14.3 Å². The van der Waals surface area contributed by atoms with Crippen LogP contribution in [0.15, 0.2) is 42.5 Å². The summed E-state index contributed by atoms with van der Waals surface area (Å²) in [5.74, 6) is 0.713. The molecule has 0 saturated heterocycles. The minimum absolute atomic E-state index is 0.0257. The molecule has 3 nitrogen and oxygen atoms in total. The predicted molar refractivity (Wildman–Crippen MR) is 71.7 cm³/mol. The smallest absolute Gasteiger partial charge is 0.193 e. The molecule has 1 aliphatic rings. The summed E-state index contributed by atoms with van der Waals surface area (Å²) >= 11 is 0. The van der Waals surface area contributed by atoms with E-state index in [2.05, 4.69) is 0 Å². The molecule has 1 unspecified atom stereocenters. The third-order valence-corrected chi connectivity index (χ3v) is 3.52. The van der Waals surface area contributed by atoms with Crippen LogP contribution in [0, 0.1) is 0 Å². The van der Waals surface area contributed by atoms with Crippen molar-refractivity contribution >= 4 is 5.78 Å². The fraction of sp³-hybridized carbons (Fsp3) is 0.188. The van der Waals surface area contributed by atoms with Crippen molar-refractivity contribution in [1.29, 1.82) is 0 Å². The van der Waals surface area contributed by atoms with Gasteiger partial charge in [-0.25, -0.2) is 0 Å². The van der Waals surface area contributed by atoms with Crippen LogP contribution in [0.1, 0.15) is 33.2 Å². The molecule has 3 rings (SSSR count). The third kappa shape index (κ3) is 1.66. The molecule has 0 spiro atoms. The number of hydrogen-bond donors (Lipinski definition) is 0. The molecule has 0 heterocycles. The summed E-state index contributed by atoms with van der Waals surface area (Å²) in [5, 5.41) is 0. The molecule has 1 aliphatic carbocycles. The number of ether oxygens (including phenoxy) is 2. The first kappa shape index (κ1) is 11.9. The van der Waals surface area contributed by atoms with Crippen LogP contribution in [-0.4, -0.2) is 20.0 Å². The third-order valence-electron chi connectivity index (χ3n) is 3.52. The van der Waals surface area contributed by atoms with E-state index in [9.17, 15) is 4.79 Å². The maximum atomic E-state index is 12.5. The molecule has 0 aromatic heterocycles. The van der Waals surface area contributed by atoms with Crippen LogP contribution in [0.5, 0.6) is 5.75 Å². The molecule has 0 fully saturated rings. The van der Waals surface area contributed by atoms with E-state index in [1.807, 2.05) is 42.5 Å². The second-order valence-corrected chi connectivity index (χ2v) is 4.45. The van der Waals surface area contributed by atoms with Crippen molar-refractivity contribution in [2.75, 3.05) is 14.2 Å². The van der Waals surface area contributed by atoms with E-state index >= 15 is 0 Å². The van der Waals surface area contributed by atoms with Gasteiger partial charge in [0.15, 0.2) is 5.78 Å². The number of rotatable bonds is 2. The normalized spacial score (nSPS) is 16.7. The van der Waals surface area contributed by atoms with Gasteiger partial charge in [-0.1, -0.05) is 36.4 Å². The lowest BCUT2D eigenvalue weighted by atomic mass is 9.82. The topological polar surface area (TPSA) is 35.5 Å². The van der Waals surface area contributed by atoms with E-state index in [-0.39, 0.29) is 11.9 Å². The summed E-state index contributed by atoms with van der Waals surface area (Å²) < 4.78 is 11.0. The Kier molecular flexibility index (Phi) is 2.84. The minimum Gasteiger partial charge on any atom is -0.496 e. The van der Waals surface area contributed by atoms with Gasteiger partial charge in [-0.2, -0.15) is 0 Å². The Hall–Kier alpha value is -2.13. The molecule has 19 heavy (non-hydrogen) atoms. The Morgan fingerprint density at radius 3 is 2.42 bits per heavy atom. The van der Waals surface area contributed by atoms with Crippen LogP contribution >= 0.6 is 0 Å². The van der Waals surface area contributed by atoms with Crippen molar-refractivity contribution in [3.8, 4) is 5.75 Å². The van der Waals surface area contributed by atoms with Crippen LogP contribution in [0.25, 0.3) is 0 Å². The zero-order chi connectivity index (χ0) is 13.4. The van der Waals surface area contributed by atoms with Gasteiger partial charge in [0.05, 0.1) is 7.11 Å². The largest absolute Gasteiger partial charge is 0.496 e. The van der Waals surface area contributed by atoms with Crippen molar-refractivity contribution in [3.05, 3.63) is 64.7 Å². The number of methoxy groups -OCH3 is 2. The Labute approximate surface area is 111 Å². The summed E-state index contributed by atoms with van der Waals surface area (Å²) in [5.41, 5.74) is 3.07. The monoisotopic (exact) mass is 254 g/mol.